The topological polar surface area (TPSA) is 83.7 Å². The number of carbonyl (C=O) groups is 2. The summed E-state index contributed by atoms with van der Waals surface area (Å²) >= 11 is 0. The Hall–Kier alpha value is -3.48. The molecule has 2 aromatic carbocycles. The molecule has 1 aliphatic rings. The summed E-state index contributed by atoms with van der Waals surface area (Å²) in [7, 11) is 2.88. The molecule has 2 N–H and O–H groups in total. The second kappa shape index (κ2) is 7.87. The molecule has 0 saturated carbocycles. The van der Waals surface area contributed by atoms with Crippen molar-refractivity contribution >= 4 is 34.2 Å². The van der Waals surface area contributed by atoms with E-state index in [1.807, 2.05) is 24.3 Å². The van der Waals surface area contributed by atoms with Crippen molar-refractivity contribution in [2.24, 2.45) is 0 Å². The van der Waals surface area contributed by atoms with Crippen molar-refractivity contribution in [2.45, 2.75) is 12.8 Å². The minimum absolute atomic E-state index is 0.191. The molecular weight excluding hydrogens is 370 g/mol. The Morgan fingerprint density at radius 2 is 2.00 bits per heavy atom. The van der Waals surface area contributed by atoms with Crippen LogP contribution in [0.25, 0.3) is 10.9 Å². The van der Waals surface area contributed by atoms with Gasteiger partial charge in [0.1, 0.15) is 11.4 Å². The highest BCUT2D eigenvalue weighted by molar-refractivity contribution is 6.11. The van der Waals surface area contributed by atoms with E-state index in [1.165, 1.54) is 12.7 Å². The largest absolute Gasteiger partial charge is 0.497 e. The highest BCUT2D eigenvalue weighted by Crippen LogP contribution is 2.31. The number of hydrogen-bond acceptors (Lipinski definition) is 5. The quantitative estimate of drug-likeness (QED) is 0.650. The minimum atomic E-state index is -0.543. The lowest BCUT2D eigenvalue weighted by molar-refractivity contribution is -0.115. The first-order valence-corrected chi connectivity index (χ1v) is 9.51. The van der Waals surface area contributed by atoms with Crippen LogP contribution in [0.5, 0.6) is 5.75 Å². The Balaban J connectivity index is 1.62. The van der Waals surface area contributed by atoms with Crippen LogP contribution >= 0.6 is 0 Å². The number of H-pyrrole nitrogens is 1. The van der Waals surface area contributed by atoms with Gasteiger partial charge in [0.15, 0.2) is 0 Å². The maximum absolute atomic E-state index is 12.9. The molecule has 0 fully saturated rings. The number of anilines is 2. The first-order chi connectivity index (χ1) is 14.1. The van der Waals surface area contributed by atoms with E-state index >= 15 is 0 Å². The minimum Gasteiger partial charge on any atom is -0.497 e. The number of para-hydroxylation sites is 1. The van der Waals surface area contributed by atoms with Crippen LogP contribution in [0.2, 0.25) is 0 Å². The van der Waals surface area contributed by atoms with Gasteiger partial charge in [-0.3, -0.25) is 4.79 Å². The maximum Gasteiger partial charge on any atom is 0.356 e. The van der Waals surface area contributed by atoms with Gasteiger partial charge in [-0.2, -0.15) is 0 Å². The number of carbonyl (C=O) groups excluding carboxylic acids is 2. The Morgan fingerprint density at radius 3 is 2.79 bits per heavy atom. The van der Waals surface area contributed by atoms with Crippen molar-refractivity contribution in [2.75, 3.05) is 37.5 Å². The molecule has 0 unspecified atom stereocenters. The van der Waals surface area contributed by atoms with Crippen molar-refractivity contribution in [3.63, 3.8) is 0 Å². The van der Waals surface area contributed by atoms with Gasteiger partial charge in [0.05, 0.1) is 32.0 Å². The Bertz CT molecular complexity index is 1070. The predicted octanol–water partition coefficient (Wildman–Crippen LogP) is 3.35. The number of nitrogens with one attached hydrogen (secondary N) is 2. The number of benzene rings is 2. The zero-order valence-corrected chi connectivity index (χ0v) is 16.5. The third kappa shape index (κ3) is 3.63. The number of aromatic amines is 1. The van der Waals surface area contributed by atoms with Gasteiger partial charge in [-0.05, 0) is 36.6 Å². The first kappa shape index (κ1) is 18.9. The maximum atomic E-state index is 12.9. The molecule has 1 aliphatic heterocycles. The van der Waals surface area contributed by atoms with Crippen LogP contribution in [0, 0.1) is 0 Å². The molecule has 0 spiro atoms. The van der Waals surface area contributed by atoms with E-state index in [1.54, 1.807) is 19.2 Å². The normalized spacial score (nSPS) is 13.1. The third-order valence-corrected chi connectivity index (χ3v) is 5.20. The molecule has 150 valence electrons. The zero-order chi connectivity index (χ0) is 20.4. The second-order valence-corrected chi connectivity index (χ2v) is 6.98. The molecule has 1 aromatic heterocycles. The summed E-state index contributed by atoms with van der Waals surface area (Å²) < 4.78 is 10.1. The average molecular weight is 393 g/mol. The number of aryl methyl sites for hydroxylation is 1. The number of aromatic nitrogens is 1. The van der Waals surface area contributed by atoms with Gasteiger partial charge in [0.25, 0.3) is 0 Å². The van der Waals surface area contributed by atoms with Gasteiger partial charge in [0, 0.05) is 23.7 Å². The van der Waals surface area contributed by atoms with E-state index < -0.39 is 5.97 Å². The highest BCUT2D eigenvalue weighted by Gasteiger charge is 2.23. The highest BCUT2D eigenvalue weighted by atomic mass is 16.5. The third-order valence-electron chi connectivity index (χ3n) is 5.20. The zero-order valence-electron chi connectivity index (χ0n) is 16.5. The average Bonchev–Trinajstić information content (AvgIpc) is 3.10. The van der Waals surface area contributed by atoms with E-state index in [9.17, 15) is 9.59 Å². The number of nitrogens with zero attached hydrogens (tertiary/aromatic N) is 1. The van der Waals surface area contributed by atoms with Crippen LogP contribution in [0.1, 0.15) is 22.5 Å². The molecule has 0 bridgehead atoms. The first-order valence-electron chi connectivity index (χ1n) is 9.51. The van der Waals surface area contributed by atoms with E-state index in [2.05, 4.69) is 21.3 Å². The summed E-state index contributed by atoms with van der Waals surface area (Å²) in [5, 5.41) is 3.63. The molecule has 3 aromatic rings. The van der Waals surface area contributed by atoms with E-state index in [0.717, 1.165) is 30.5 Å². The molecule has 2 heterocycles. The van der Waals surface area contributed by atoms with Gasteiger partial charge in [-0.25, -0.2) is 4.79 Å². The summed E-state index contributed by atoms with van der Waals surface area (Å²) in [4.78, 5) is 30.2. The summed E-state index contributed by atoms with van der Waals surface area (Å²) in [5.41, 5.74) is 3.66. The van der Waals surface area contributed by atoms with Gasteiger partial charge in [-0.15, -0.1) is 0 Å². The fourth-order valence-corrected chi connectivity index (χ4v) is 3.82. The number of fused-ring (bicyclic) bond motifs is 2. The lowest BCUT2D eigenvalue weighted by Crippen LogP contribution is -2.36. The number of amides is 1. The van der Waals surface area contributed by atoms with Crippen molar-refractivity contribution in [3.05, 3.63) is 53.7 Å². The molecule has 29 heavy (non-hydrogen) atoms. The monoisotopic (exact) mass is 393 g/mol. The molecule has 4 rings (SSSR count). The number of rotatable bonds is 5. The van der Waals surface area contributed by atoms with Crippen molar-refractivity contribution in [1.82, 2.24) is 4.98 Å². The Labute approximate surface area is 168 Å². The van der Waals surface area contributed by atoms with Crippen molar-refractivity contribution < 1.29 is 19.1 Å². The van der Waals surface area contributed by atoms with Crippen LogP contribution in [0.4, 0.5) is 11.4 Å². The molecule has 0 saturated heterocycles. The lowest BCUT2D eigenvalue weighted by atomic mass is 10.0. The van der Waals surface area contributed by atoms with Crippen LogP contribution in [-0.2, 0) is 16.0 Å². The standard InChI is InChI=1S/C22H23N3O4/c1-28-15-9-10-16-17(12-15)23-21(22(27)29-2)20(16)24-19(26)13-25-11-5-7-14-6-3-4-8-18(14)25/h3-4,6,8-10,12,23H,5,7,11,13H2,1-2H3,(H,24,26). The predicted molar refractivity (Wildman–Crippen MR) is 112 cm³/mol. The van der Waals surface area contributed by atoms with Gasteiger partial charge in [-0.1, -0.05) is 18.2 Å². The van der Waals surface area contributed by atoms with E-state index in [-0.39, 0.29) is 18.1 Å². The van der Waals surface area contributed by atoms with Crippen molar-refractivity contribution in [1.29, 1.82) is 0 Å². The number of hydrogen-bond donors (Lipinski definition) is 2. The molecule has 1 amide bonds. The SMILES string of the molecule is COC(=O)c1[nH]c2cc(OC)ccc2c1NC(=O)CN1CCCc2ccccc21. The van der Waals surface area contributed by atoms with Gasteiger partial charge in [0.2, 0.25) is 5.91 Å². The van der Waals surface area contributed by atoms with Crippen LogP contribution in [-0.4, -0.2) is 44.2 Å². The Morgan fingerprint density at radius 1 is 1.17 bits per heavy atom. The van der Waals surface area contributed by atoms with Gasteiger partial charge < -0.3 is 24.7 Å². The molecule has 0 radical (unpaired) electrons. The van der Waals surface area contributed by atoms with E-state index in [0.29, 0.717) is 17.0 Å². The molecular formula is C22H23N3O4. The number of esters is 1. The lowest BCUT2D eigenvalue weighted by Gasteiger charge is -2.30. The summed E-state index contributed by atoms with van der Waals surface area (Å²) in [5.74, 6) is -0.0830. The number of methoxy groups -OCH3 is 2. The fourth-order valence-electron chi connectivity index (χ4n) is 3.82. The summed E-state index contributed by atoms with van der Waals surface area (Å²) in [6.07, 6.45) is 2.02. The summed E-state index contributed by atoms with van der Waals surface area (Å²) in [6.45, 7) is 1.03. The van der Waals surface area contributed by atoms with E-state index in [4.69, 9.17) is 9.47 Å². The van der Waals surface area contributed by atoms with Crippen LogP contribution in [0.15, 0.2) is 42.5 Å². The second-order valence-electron chi connectivity index (χ2n) is 6.98. The molecule has 7 heteroatoms. The Kier molecular flexibility index (Phi) is 5.12. The van der Waals surface area contributed by atoms with Gasteiger partial charge >= 0.3 is 5.97 Å². The fraction of sp³-hybridized carbons (Fsp3) is 0.273. The summed E-state index contributed by atoms with van der Waals surface area (Å²) in [6, 6.07) is 13.5. The molecule has 0 aliphatic carbocycles. The van der Waals surface area contributed by atoms with Crippen LogP contribution < -0.4 is 15.0 Å². The van der Waals surface area contributed by atoms with Crippen LogP contribution in [0.3, 0.4) is 0 Å². The number of ether oxygens (including phenoxy) is 2. The smallest absolute Gasteiger partial charge is 0.356 e. The van der Waals surface area contributed by atoms with Crippen molar-refractivity contribution in [3.8, 4) is 5.75 Å². The molecule has 7 nitrogen and oxygen atoms in total. The molecule has 0 atom stereocenters.